The lowest BCUT2D eigenvalue weighted by Crippen LogP contribution is -2.36. The molecular weight excluding hydrogens is 224 g/mol. The summed E-state index contributed by atoms with van der Waals surface area (Å²) in [6, 6.07) is 5.99. The zero-order valence-electron chi connectivity index (χ0n) is 9.16. The van der Waals surface area contributed by atoms with Gasteiger partial charge < -0.3 is 9.64 Å². The minimum Gasteiger partial charge on any atom is -0.378 e. The number of anilines is 1. The SMILES string of the molecule is Cc1cc(N2CCOCC2)cc(Cl)c1C#N. The first-order chi connectivity index (χ1) is 7.72. The van der Waals surface area contributed by atoms with Gasteiger partial charge in [0, 0.05) is 18.8 Å². The number of halogens is 1. The van der Waals surface area contributed by atoms with E-state index in [9.17, 15) is 0 Å². The molecule has 0 amide bonds. The molecule has 0 spiro atoms. The van der Waals surface area contributed by atoms with Crippen molar-refractivity contribution in [1.82, 2.24) is 0 Å². The Morgan fingerprint density at radius 2 is 2.06 bits per heavy atom. The normalized spacial score (nSPS) is 15.9. The van der Waals surface area contributed by atoms with Gasteiger partial charge in [-0.15, -0.1) is 0 Å². The largest absolute Gasteiger partial charge is 0.378 e. The lowest BCUT2D eigenvalue weighted by molar-refractivity contribution is 0.122. The maximum atomic E-state index is 8.93. The molecule has 1 saturated heterocycles. The van der Waals surface area contributed by atoms with Gasteiger partial charge in [0.15, 0.2) is 0 Å². The fourth-order valence-corrected chi connectivity index (χ4v) is 2.17. The second-order valence-corrected chi connectivity index (χ2v) is 4.24. The summed E-state index contributed by atoms with van der Waals surface area (Å²) < 4.78 is 5.30. The molecule has 2 rings (SSSR count). The molecule has 0 atom stereocenters. The molecule has 1 aromatic rings. The van der Waals surface area contributed by atoms with Crippen molar-refractivity contribution in [2.75, 3.05) is 31.2 Å². The Morgan fingerprint density at radius 3 is 2.62 bits per heavy atom. The highest BCUT2D eigenvalue weighted by Gasteiger charge is 2.14. The minimum absolute atomic E-state index is 0.531. The number of benzene rings is 1. The first kappa shape index (κ1) is 11.3. The summed E-state index contributed by atoms with van der Waals surface area (Å²) in [5.41, 5.74) is 2.57. The first-order valence-electron chi connectivity index (χ1n) is 5.25. The molecule has 3 nitrogen and oxygen atoms in total. The molecule has 0 aromatic heterocycles. The monoisotopic (exact) mass is 236 g/mol. The average Bonchev–Trinajstić information content (AvgIpc) is 2.30. The molecule has 1 aromatic carbocycles. The molecule has 0 bridgehead atoms. The zero-order valence-corrected chi connectivity index (χ0v) is 9.92. The van der Waals surface area contributed by atoms with Crippen LogP contribution in [0.1, 0.15) is 11.1 Å². The number of aryl methyl sites for hydroxylation is 1. The molecule has 1 aliphatic rings. The van der Waals surface area contributed by atoms with Crippen molar-refractivity contribution >= 4 is 17.3 Å². The van der Waals surface area contributed by atoms with E-state index < -0.39 is 0 Å². The van der Waals surface area contributed by atoms with Gasteiger partial charge in [0.05, 0.1) is 23.8 Å². The van der Waals surface area contributed by atoms with Gasteiger partial charge in [-0.2, -0.15) is 5.26 Å². The molecule has 0 saturated carbocycles. The van der Waals surface area contributed by atoms with E-state index in [1.807, 2.05) is 19.1 Å². The van der Waals surface area contributed by atoms with Crippen LogP contribution in [0.5, 0.6) is 0 Å². The molecule has 0 aliphatic carbocycles. The second kappa shape index (κ2) is 4.73. The third kappa shape index (κ3) is 2.13. The minimum atomic E-state index is 0.531. The van der Waals surface area contributed by atoms with Gasteiger partial charge in [-0.1, -0.05) is 11.6 Å². The number of rotatable bonds is 1. The number of hydrogen-bond donors (Lipinski definition) is 0. The molecule has 4 heteroatoms. The summed E-state index contributed by atoms with van der Waals surface area (Å²) in [6.45, 7) is 5.16. The van der Waals surface area contributed by atoms with Crippen molar-refractivity contribution in [3.63, 3.8) is 0 Å². The van der Waals surface area contributed by atoms with Gasteiger partial charge >= 0.3 is 0 Å². The van der Waals surface area contributed by atoms with Crippen LogP contribution in [0.3, 0.4) is 0 Å². The third-order valence-electron chi connectivity index (χ3n) is 2.76. The average molecular weight is 237 g/mol. The predicted molar refractivity (Wildman–Crippen MR) is 63.9 cm³/mol. The summed E-state index contributed by atoms with van der Waals surface area (Å²) >= 11 is 6.07. The Bertz CT molecular complexity index is 410. The molecule has 0 radical (unpaired) electrons. The Morgan fingerprint density at radius 1 is 1.38 bits per heavy atom. The maximum Gasteiger partial charge on any atom is 0.101 e. The highest BCUT2D eigenvalue weighted by atomic mass is 35.5. The topological polar surface area (TPSA) is 36.3 Å². The smallest absolute Gasteiger partial charge is 0.101 e. The molecule has 84 valence electrons. The summed E-state index contributed by atoms with van der Waals surface area (Å²) in [5, 5.41) is 9.46. The van der Waals surface area contributed by atoms with E-state index in [0.29, 0.717) is 10.6 Å². The molecule has 0 unspecified atom stereocenters. The van der Waals surface area contributed by atoms with Gasteiger partial charge in [-0.3, -0.25) is 0 Å². The van der Waals surface area contributed by atoms with Gasteiger partial charge in [0.1, 0.15) is 6.07 Å². The Balaban J connectivity index is 2.32. The van der Waals surface area contributed by atoms with Crippen molar-refractivity contribution in [3.05, 3.63) is 28.3 Å². The van der Waals surface area contributed by atoms with Crippen LogP contribution in [0.25, 0.3) is 0 Å². The lowest BCUT2D eigenvalue weighted by Gasteiger charge is -2.29. The summed E-state index contributed by atoms with van der Waals surface area (Å²) in [5.74, 6) is 0. The van der Waals surface area contributed by atoms with Crippen molar-refractivity contribution in [2.45, 2.75) is 6.92 Å². The summed E-state index contributed by atoms with van der Waals surface area (Å²) in [7, 11) is 0. The van der Waals surface area contributed by atoms with Crippen molar-refractivity contribution in [1.29, 1.82) is 5.26 Å². The van der Waals surface area contributed by atoms with E-state index in [2.05, 4.69) is 11.0 Å². The van der Waals surface area contributed by atoms with Crippen LogP contribution in [0.2, 0.25) is 5.02 Å². The van der Waals surface area contributed by atoms with Crippen molar-refractivity contribution in [3.8, 4) is 6.07 Å². The molecule has 1 heterocycles. The quantitative estimate of drug-likeness (QED) is 0.751. The fraction of sp³-hybridized carbons (Fsp3) is 0.417. The third-order valence-corrected chi connectivity index (χ3v) is 3.06. The number of morpholine rings is 1. The number of ether oxygens (including phenoxy) is 1. The summed E-state index contributed by atoms with van der Waals surface area (Å²) in [4.78, 5) is 2.23. The second-order valence-electron chi connectivity index (χ2n) is 3.83. The molecule has 1 fully saturated rings. The van der Waals surface area contributed by atoms with E-state index in [4.69, 9.17) is 21.6 Å². The van der Waals surface area contributed by atoms with Crippen LogP contribution in [0.15, 0.2) is 12.1 Å². The van der Waals surface area contributed by atoms with Crippen LogP contribution in [0.4, 0.5) is 5.69 Å². The van der Waals surface area contributed by atoms with E-state index in [1.165, 1.54) is 0 Å². The maximum absolute atomic E-state index is 8.93. The van der Waals surface area contributed by atoms with Crippen LogP contribution < -0.4 is 4.90 Å². The Hall–Kier alpha value is -1.24. The Labute approximate surface area is 100 Å². The van der Waals surface area contributed by atoms with Gasteiger partial charge in [-0.25, -0.2) is 0 Å². The first-order valence-corrected chi connectivity index (χ1v) is 5.63. The number of hydrogen-bond acceptors (Lipinski definition) is 3. The standard InChI is InChI=1S/C12H13ClN2O/c1-9-6-10(7-12(13)11(9)8-14)15-2-4-16-5-3-15/h6-7H,2-5H2,1H3. The summed E-state index contributed by atoms with van der Waals surface area (Å²) in [6.07, 6.45) is 0. The van der Waals surface area contributed by atoms with Crippen LogP contribution >= 0.6 is 11.6 Å². The number of nitriles is 1. The zero-order chi connectivity index (χ0) is 11.5. The number of nitrogens with zero attached hydrogens (tertiary/aromatic N) is 2. The van der Waals surface area contributed by atoms with Crippen molar-refractivity contribution in [2.24, 2.45) is 0 Å². The van der Waals surface area contributed by atoms with Crippen LogP contribution in [-0.4, -0.2) is 26.3 Å². The van der Waals surface area contributed by atoms with Gasteiger partial charge in [0.2, 0.25) is 0 Å². The highest BCUT2D eigenvalue weighted by molar-refractivity contribution is 6.32. The van der Waals surface area contributed by atoms with Crippen LogP contribution in [-0.2, 0) is 4.74 Å². The van der Waals surface area contributed by atoms with Crippen molar-refractivity contribution < 1.29 is 4.74 Å². The predicted octanol–water partition coefficient (Wildman–Crippen LogP) is 2.36. The molecule has 0 N–H and O–H groups in total. The fourth-order valence-electron chi connectivity index (χ4n) is 1.87. The molecular formula is C12H13ClN2O. The van der Waals surface area contributed by atoms with E-state index >= 15 is 0 Å². The molecule has 16 heavy (non-hydrogen) atoms. The lowest BCUT2D eigenvalue weighted by atomic mass is 10.1. The van der Waals surface area contributed by atoms with E-state index in [-0.39, 0.29) is 0 Å². The van der Waals surface area contributed by atoms with E-state index in [1.54, 1.807) is 0 Å². The van der Waals surface area contributed by atoms with E-state index in [0.717, 1.165) is 37.6 Å². The molecule has 1 aliphatic heterocycles. The van der Waals surface area contributed by atoms with Gasteiger partial charge in [0.25, 0.3) is 0 Å². The van der Waals surface area contributed by atoms with Crippen LogP contribution in [0, 0.1) is 18.3 Å². The van der Waals surface area contributed by atoms with Gasteiger partial charge in [-0.05, 0) is 24.6 Å². The highest BCUT2D eigenvalue weighted by Crippen LogP contribution is 2.27. The Kier molecular flexibility index (Phi) is 3.33.